The zero-order chi connectivity index (χ0) is 14.8. The predicted molar refractivity (Wildman–Crippen MR) is 76.7 cm³/mol. The van der Waals surface area contributed by atoms with E-state index in [-0.39, 0.29) is 29.6 Å². The topological polar surface area (TPSA) is 63.2 Å². The van der Waals surface area contributed by atoms with Gasteiger partial charge in [0.05, 0.1) is 23.8 Å². The molecule has 21 heavy (non-hydrogen) atoms. The van der Waals surface area contributed by atoms with Crippen LogP contribution in [-0.2, 0) is 4.74 Å². The molecule has 0 saturated carbocycles. The van der Waals surface area contributed by atoms with E-state index < -0.39 is 11.7 Å². The monoisotopic (exact) mass is 293 g/mol. The molecule has 1 aromatic rings. The van der Waals surface area contributed by atoms with Crippen molar-refractivity contribution in [3.8, 4) is 0 Å². The van der Waals surface area contributed by atoms with Crippen LogP contribution in [0.3, 0.4) is 0 Å². The van der Waals surface area contributed by atoms with Crippen LogP contribution in [0.2, 0.25) is 0 Å². The van der Waals surface area contributed by atoms with Crippen molar-refractivity contribution in [2.75, 3.05) is 11.9 Å². The Labute approximate surface area is 123 Å². The second kappa shape index (κ2) is 5.97. The standard InChI is InChI=1S/C15H20FN3O2/c1-2-6-17-14-13(16)10(5-7-18-14)15(20)19-11-8-9-3-4-12(11)21-9/h5,7,9,11-12H,2-4,6,8H2,1H3,(H,17,18)(H,19,20). The number of carbonyl (C=O) groups is 1. The Hall–Kier alpha value is -1.69. The van der Waals surface area contributed by atoms with Crippen LogP contribution in [0.25, 0.3) is 0 Å². The van der Waals surface area contributed by atoms with E-state index >= 15 is 0 Å². The highest BCUT2D eigenvalue weighted by atomic mass is 19.1. The number of fused-ring (bicyclic) bond motifs is 2. The zero-order valence-corrected chi connectivity index (χ0v) is 12.1. The first kappa shape index (κ1) is 14.3. The Bertz CT molecular complexity index is 538. The molecule has 0 aromatic carbocycles. The van der Waals surface area contributed by atoms with Gasteiger partial charge in [0.15, 0.2) is 11.6 Å². The fourth-order valence-corrected chi connectivity index (χ4v) is 3.02. The second-order valence-electron chi connectivity index (χ2n) is 5.64. The van der Waals surface area contributed by atoms with Gasteiger partial charge in [0.1, 0.15) is 0 Å². The molecule has 2 aliphatic heterocycles. The molecule has 3 unspecified atom stereocenters. The maximum atomic E-state index is 14.3. The van der Waals surface area contributed by atoms with Gasteiger partial charge < -0.3 is 15.4 Å². The summed E-state index contributed by atoms with van der Waals surface area (Å²) in [6.07, 6.45) is 5.51. The Morgan fingerprint density at radius 1 is 1.52 bits per heavy atom. The third-order valence-corrected chi connectivity index (χ3v) is 4.10. The number of hydrogen-bond acceptors (Lipinski definition) is 4. The predicted octanol–water partition coefficient (Wildman–Crippen LogP) is 2.09. The number of pyridine rings is 1. The van der Waals surface area contributed by atoms with E-state index in [1.54, 1.807) is 0 Å². The third kappa shape index (κ3) is 2.85. The van der Waals surface area contributed by atoms with Gasteiger partial charge in [-0.2, -0.15) is 0 Å². The molecule has 0 aliphatic carbocycles. The largest absolute Gasteiger partial charge is 0.373 e. The van der Waals surface area contributed by atoms with Crippen molar-refractivity contribution in [1.82, 2.24) is 10.3 Å². The minimum absolute atomic E-state index is 0.00383. The summed E-state index contributed by atoms with van der Waals surface area (Å²) in [4.78, 5) is 16.2. The normalized spacial score (nSPS) is 26.9. The number of amides is 1. The van der Waals surface area contributed by atoms with E-state index in [1.807, 2.05) is 6.92 Å². The minimum Gasteiger partial charge on any atom is -0.373 e. The Morgan fingerprint density at radius 2 is 2.38 bits per heavy atom. The molecule has 114 valence electrons. The van der Waals surface area contributed by atoms with E-state index in [0.29, 0.717) is 6.54 Å². The molecule has 3 atom stereocenters. The number of hydrogen-bond donors (Lipinski definition) is 2. The average molecular weight is 293 g/mol. The lowest BCUT2D eigenvalue weighted by Crippen LogP contribution is -2.41. The first-order valence-corrected chi connectivity index (χ1v) is 7.53. The summed E-state index contributed by atoms with van der Waals surface area (Å²) < 4.78 is 20.0. The van der Waals surface area contributed by atoms with Crippen molar-refractivity contribution in [2.45, 2.75) is 50.9 Å². The molecule has 2 bridgehead atoms. The van der Waals surface area contributed by atoms with Crippen molar-refractivity contribution >= 4 is 11.7 Å². The number of nitrogens with one attached hydrogen (secondary N) is 2. The summed E-state index contributed by atoms with van der Waals surface area (Å²) in [5, 5.41) is 5.78. The smallest absolute Gasteiger partial charge is 0.254 e. The minimum atomic E-state index is -0.590. The van der Waals surface area contributed by atoms with Crippen molar-refractivity contribution < 1.29 is 13.9 Å². The number of rotatable bonds is 5. The molecule has 5 nitrogen and oxygen atoms in total. The quantitative estimate of drug-likeness (QED) is 0.872. The number of aromatic nitrogens is 1. The number of nitrogens with zero attached hydrogens (tertiary/aromatic N) is 1. The van der Waals surface area contributed by atoms with Gasteiger partial charge in [0.2, 0.25) is 0 Å². The van der Waals surface area contributed by atoms with E-state index in [1.165, 1.54) is 12.3 Å². The maximum Gasteiger partial charge on any atom is 0.254 e. The average Bonchev–Trinajstić information content (AvgIpc) is 3.08. The fourth-order valence-electron chi connectivity index (χ4n) is 3.02. The molecule has 0 radical (unpaired) electrons. The van der Waals surface area contributed by atoms with Crippen molar-refractivity contribution in [3.63, 3.8) is 0 Å². The highest BCUT2D eigenvalue weighted by Crippen LogP contribution is 2.34. The molecule has 2 fully saturated rings. The van der Waals surface area contributed by atoms with Gasteiger partial charge in [-0.15, -0.1) is 0 Å². The van der Waals surface area contributed by atoms with Crippen LogP contribution in [0.1, 0.15) is 43.0 Å². The second-order valence-corrected chi connectivity index (χ2v) is 5.64. The van der Waals surface area contributed by atoms with Crippen molar-refractivity contribution in [2.24, 2.45) is 0 Å². The molecule has 3 rings (SSSR count). The summed E-state index contributed by atoms with van der Waals surface area (Å²) in [7, 11) is 0. The van der Waals surface area contributed by atoms with Crippen LogP contribution in [-0.4, -0.2) is 35.7 Å². The van der Waals surface area contributed by atoms with Gasteiger partial charge in [-0.25, -0.2) is 9.37 Å². The first-order valence-electron chi connectivity index (χ1n) is 7.53. The highest BCUT2D eigenvalue weighted by Gasteiger charge is 2.41. The maximum absolute atomic E-state index is 14.3. The Morgan fingerprint density at radius 3 is 3.05 bits per heavy atom. The number of anilines is 1. The molecule has 0 spiro atoms. The lowest BCUT2D eigenvalue weighted by molar-refractivity contribution is 0.0838. The first-order chi connectivity index (χ1) is 10.2. The van der Waals surface area contributed by atoms with E-state index in [9.17, 15) is 9.18 Å². The van der Waals surface area contributed by atoms with Gasteiger partial charge in [-0.05, 0) is 31.7 Å². The Balaban J connectivity index is 1.69. The van der Waals surface area contributed by atoms with E-state index in [2.05, 4.69) is 15.6 Å². The Kier molecular flexibility index (Phi) is 4.05. The summed E-state index contributed by atoms with van der Waals surface area (Å²) in [6.45, 7) is 2.60. The van der Waals surface area contributed by atoms with Gasteiger partial charge in [0, 0.05) is 12.7 Å². The molecular formula is C15H20FN3O2. The summed E-state index contributed by atoms with van der Waals surface area (Å²) in [5.74, 6) is -0.850. The summed E-state index contributed by atoms with van der Waals surface area (Å²) >= 11 is 0. The van der Waals surface area contributed by atoms with Gasteiger partial charge in [0.25, 0.3) is 5.91 Å². The van der Waals surface area contributed by atoms with Gasteiger partial charge >= 0.3 is 0 Å². The lowest BCUT2D eigenvalue weighted by Gasteiger charge is -2.20. The van der Waals surface area contributed by atoms with Crippen LogP contribution in [0.15, 0.2) is 12.3 Å². The molecule has 2 aliphatic rings. The SMILES string of the molecule is CCCNc1nccc(C(=O)NC2CC3CCC2O3)c1F. The summed E-state index contributed by atoms with van der Waals surface area (Å²) in [6, 6.07) is 1.41. The molecular weight excluding hydrogens is 273 g/mol. The van der Waals surface area contributed by atoms with Crippen LogP contribution in [0, 0.1) is 5.82 Å². The van der Waals surface area contributed by atoms with Crippen LogP contribution in [0.5, 0.6) is 0 Å². The number of carbonyl (C=O) groups excluding carboxylic acids is 1. The number of halogens is 1. The fraction of sp³-hybridized carbons (Fsp3) is 0.600. The van der Waals surface area contributed by atoms with E-state index in [0.717, 1.165) is 25.7 Å². The van der Waals surface area contributed by atoms with Crippen LogP contribution in [0.4, 0.5) is 10.2 Å². The molecule has 6 heteroatoms. The number of ether oxygens (including phenoxy) is 1. The summed E-state index contributed by atoms with van der Waals surface area (Å²) in [5.41, 5.74) is 0.0337. The zero-order valence-electron chi connectivity index (χ0n) is 12.1. The van der Waals surface area contributed by atoms with Gasteiger partial charge in [-0.3, -0.25) is 4.79 Å². The molecule has 2 N–H and O–H groups in total. The van der Waals surface area contributed by atoms with Crippen molar-refractivity contribution in [1.29, 1.82) is 0 Å². The molecule has 1 aromatic heterocycles. The lowest BCUT2D eigenvalue weighted by atomic mass is 9.95. The van der Waals surface area contributed by atoms with E-state index in [4.69, 9.17) is 4.74 Å². The molecule has 1 amide bonds. The van der Waals surface area contributed by atoms with Gasteiger partial charge in [-0.1, -0.05) is 6.92 Å². The van der Waals surface area contributed by atoms with Crippen LogP contribution < -0.4 is 10.6 Å². The third-order valence-electron chi connectivity index (χ3n) is 4.10. The van der Waals surface area contributed by atoms with Crippen molar-refractivity contribution in [3.05, 3.63) is 23.6 Å². The van der Waals surface area contributed by atoms with Crippen LogP contribution >= 0.6 is 0 Å². The molecule has 3 heterocycles. The highest BCUT2D eigenvalue weighted by molar-refractivity contribution is 5.95. The molecule has 2 saturated heterocycles.